The number of carbonyl (C=O) groups excluding carboxylic acids is 1. The van der Waals surface area contributed by atoms with Crippen LogP contribution >= 0.6 is 11.3 Å². The predicted molar refractivity (Wildman–Crippen MR) is 91.3 cm³/mol. The van der Waals surface area contributed by atoms with Gasteiger partial charge in [-0.2, -0.15) is 13.2 Å². The molecule has 0 N–H and O–H groups in total. The van der Waals surface area contributed by atoms with E-state index >= 15 is 0 Å². The third-order valence-corrected chi connectivity index (χ3v) is 5.18. The first-order chi connectivity index (χ1) is 12.3. The number of anilines is 1. The predicted octanol–water partition coefficient (Wildman–Crippen LogP) is 1.98. The Balaban J connectivity index is 1.59. The van der Waals surface area contributed by atoms with Crippen molar-refractivity contribution in [2.45, 2.75) is 19.6 Å². The Morgan fingerprint density at radius 1 is 1.23 bits per heavy atom. The average molecular weight is 386 g/mol. The van der Waals surface area contributed by atoms with Gasteiger partial charge in [-0.1, -0.05) is 11.3 Å². The summed E-state index contributed by atoms with van der Waals surface area (Å²) in [6.07, 6.45) is -3.59. The van der Waals surface area contributed by atoms with Crippen LogP contribution in [-0.4, -0.2) is 46.5 Å². The van der Waals surface area contributed by atoms with Crippen molar-refractivity contribution < 1.29 is 18.0 Å². The van der Waals surface area contributed by atoms with Gasteiger partial charge >= 0.3 is 11.0 Å². The Hall–Kier alpha value is -2.36. The van der Waals surface area contributed by atoms with Crippen molar-refractivity contribution in [3.05, 3.63) is 44.6 Å². The molecule has 1 fully saturated rings. The van der Waals surface area contributed by atoms with Crippen molar-refractivity contribution in [1.29, 1.82) is 0 Å². The van der Waals surface area contributed by atoms with Gasteiger partial charge in [0.05, 0.1) is 5.56 Å². The highest BCUT2D eigenvalue weighted by Crippen LogP contribution is 2.29. The fourth-order valence-electron chi connectivity index (χ4n) is 2.76. The Kier molecular flexibility index (Phi) is 5.03. The third kappa shape index (κ3) is 3.90. The molecule has 0 atom stereocenters. The molecule has 1 amide bonds. The van der Waals surface area contributed by atoms with Crippen LogP contribution in [0.15, 0.2) is 28.5 Å². The molecule has 0 bridgehead atoms. The number of aryl methyl sites for hydroxylation is 1. The van der Waals surface area contributed by atoms with Gasteiger partial charge in [-0.3, -0.25) is 14.2 Å². The number of rotatable bonds is 3. The van der Waals surface area contributed by atoms with Crippen LogP contribution in [0.4, 0.5) is 19.0 Å². The van der Waals surface area contributed by atoms with Gasteiger partial charge in [0.2, 0.25) is 5.91 Å². The van der Waals surface area contributed by atoms with E-state index in [9.17, 15) is 22.8 Å². The molecule has 6 nitrogen and oxygen atoms in total. The van der Waals surface area contributed by atoms with Crippen molar-refractivity contribution in [2.24, 2.45) is 0 Å². The second kappa shape index (κ2) is 7.10. The number of nitrogens with zero attached hydrogens (tertiary/aromatic N) is 4. The summed E-state index contributed by atoms with van der Waals surface area (Å²) in [6.45, 7) is 3.59. The lowest BCUT2D eigenvalue weighted by Crippen LogP contribution is -2.50. The number of piperazine rings is 1. The topological polar surface area (TPSA) is 58.4 Å². The van der Waals surface area contributed by atoms with Crippen LogP contribution in [0.25, 0.3) is 0 Å². The molecular formula is C16H17F3N4O2S. The first-order valence-electron chi connectivity index (χ1n) is 7.96. The zero-order chi connectivity index (χ0) is 18.9. The summed E-state index contributed by atoms with van der Waals surface area (Å²) in [5.41, 5.74) is -0.0346. The van der Waals surface area contributed by atoms with Crippen LogP contribution in [0.2, 0.25) is 0 Å². The highest BCUT2D eigenvalue weighted by Gasteiger charge is 2.31. The molecule has 0 spiro atoms. The highest BCUT2D eigenvalue weighted by atomic mass is 32.1. The molecule has 3 heterocycles. The molecule has 0 saturated carbocycles. The van der Waals surface area contributed by atoms with Crippen LogP contribution in [0.3, 0.4) is 0 Å². The number of amides is 1. The van der Waals surface area contributed by atoms with E-state index in [0.717, 1.165) is 29.3 Å². The second-order valence-corrected chi connectivity index (χ2v) is 6.82. The van der Waals surface area contributed by atoms with Crippen LogP contribution in [0.5, 0.6) is 0 Å². The van der Waals surface area contributed by atoms with Crippen molar-refractivity contribution in [3.63, 3.8) is 0 Å². The van der Waals surface area contributed by atoms with E-state index in [1.807, 2.05) is 4.90 Å². The number of alkyl halides is 3. The molecule has 0 unspecified atom stereocenters. The van der Waals surface area contributed by atoms with E-state index < -0.39 is 11.7 Å². The maximum atomic E-state index is 12.6. The maximum Gasteiger partial charge on any atom is 0.417 e. The molecule has 3 rings (SSSR count). The van der Waals surface area contributed by atoms with Gasteiger partial charge in [0.1, 0.15) is 12.4 Å². The van der Waals surface area contributed by atoms with Gasteiger partial charge in [0, 0.05) is 43.4 Å². The van der Waals surface area contributed by atoms with E-state index in [1.165, 1.54) is 10.6 Å². The molecule has 0 aromatic carbocycles. The standard InChI is InChI=1S/C16H17F3N4O2S/c1-11-10-26-15(25)23(11)9-14(24)22-6-4-21(5-7-22)13-3-2-12(8-20-13)16(17,18)19/h2-3,8,10H,4-7,9H2,1H3. The molecule has 0 radical (unpaired) electrons. The summed E-state index contributed by atoms with van der Waals surface area (Å²) in [6, 6.07) is 2.35. The van der Waals surface area contributed by atoms with E-state index in [2.05, 4.69) is 4.98 Å². The molecule has 2 aromatic rings. The average Bonchev–Trinajstić information content (AvgIpc) is 2.93. The zero-order valence-electron chi connectivity index (χ0n) is 14.0. The van der Waals surface area contributed by atoms with Crippen LogP contribution in [0.1, 0.15) is 11.3 Å². The molecule has 1 aliphatic rings. The Bertz CT molecular complexity index is 836. The Labute approximate surface area is 151 Å². The quantitative estimate of drug-likeness (QED) is 0.810. The number of hydrogen-bond acceptors (Lipinski definition) is 5. The van der Waals surface area contributed by atoms with E-state index in [4.69, 9.17) is 0 Å². The summed E-state index contributed by atoms with van der Waals surface area (Å²) < 4.78 is 39.2. The molecule has 140 valence electrons. The highest BCUT2D eigenvalue weighted by molar-refractivity contribution is 7.07. The number of pyridine rings is 1. The summed E-state index contributed by atoms with van der Waals surface area (Å²) in [5, 5.41) is 1.71. The Morgan fingerprint density at radius 2 is 1.92 bits per heavy atom. The van der Waals surface area contributed by atoms with Crippen molar-refractivity contribution in [2.75, 3.05) is 31.1 Å². The molecule has 10 heteroatoms. The fourth-order valence-corrected chi connectivity index (χ4v) is 3.49. The molecule has 0 aliphatic carbocycles. The minimum atomic E-state index is -4.41. The first-order valence-corrected chi connectivity index (χ1v) is 8.84. The normalized spacial score (nSPS) is 15.4. The molecule has 1 saturated heterocycles. The number of thiazole rings is 1. The molecule has 26 heavy (non-hydrogen) atoms. The van der Waals surface area contributed by atoms with Gasteiger partial charge in [-0.25, -0.2) is 4.98 Å². The fraction of sp³-hybridized carbons (Fsp3) is 0.438. The SMILES string of the molecule is Cc1csc(=O)n1CC(=O)N1CCN(c2ccc(C(F)(F)F)cn2)CC1. The van der Waals surface area contributed by atoms with E-state index in [0.29, 0.717) is 32.0 Å². The lowest BCUT2D eigenvalue weighted by atomic mass is 10.2. The number of aromatic nitrogens is 2. The zero-order valence-corrected chi connectivity index (χ0v) is 14.8. The minimum absolute atomic E-state index is 0.00664. The maximum absolute atomic E-state index is 12.6. The second-order valence-electron chi connectivity index (χ2n) is 6.00. The van der Waals surface area contributed by atoms with Gasteiger partial charge in [-0.05, 0) is 19.1 Å². The van der Waals surface area contributed by atoms with E-state index in [-0.39, 0.29) is 17.3 Å². The van der Waals surface area contributed by atoms with E-state index in [1.54, 1.807) is 17.2 Å². The largest absolute Gasteiger partial charge is 0.417 e. The van der Waals surface area contributed by atoms with Crippen molar-refractivity contribution in [3.8, 4) is 0 Å². The number of halogens is 3. The smallest absolute Gasteiger partial charge is 0.353 e. The van der Waals surface area contributed by atoms with Crippen molar-refractivity contribution >= 4 is 23.1 Å². The molecule has 1 aliphatic heterocycles. The number of hydrogen-bond donors (Lipinski definition) is 0. The minimum Gasteiger partial charge on any atom is -0.353 e. The summed E-state index contributed by atoms with van der Waals surface area (Å²) in [5.74, 6) is 0.309. The van der Waals surface area contributed by atoms with Gasteiger partial charge < -0.3 is 9.80 Å². The lowest BCUT2D eigenvalue weighted by molar-refractivity contribution is -0.138. The third-order valence-electron chi connectivity index (χ3n) is 4.30. The Morgan fingerprint density at radius 3 is 2.42 bits per heavy atom. The monoisotopic (exact) mass is 386 g/mol. The van der Waals surface area contributed by atoms with Crippen LogP contribution < -0.4 is 9.77 Å². The lowest BCUT2D eigenvalue weighted by Gasteiger charge is -2.35. The molecular weight excluding hydrogens is 369 g/mol. The summed E-state index contributed by atoms with van der Waals surface area (Å²) >= 11 is 1.06. The first kappa shape index (κ1) is 18.4. The van der Waals surface area contributed by atoms with Crippen LogP contribution in [-0.2, 0) is 17.5 Å². The van der Waals surface area contributed by atoms with Gasteiger partial charge in [0.25, 0.3) is 0 Å². The van der Waals surface area contributed by atoms with Crippen molar-refractivity contribution in [1.82, 2.24) is 14.5 Å². The summed E-state index contributed by atoms with van der Waals surface area (Å²) in [4.78, 5) is 31.3. The van der Waals surface area contributed by atoms with Gasteiger partial charge in [0.15, 0.2) is 0 Å². The summed E-state index contributed by atoms with van der Waals surface area (Å²) in [7, 11) is 0. The number of carbonyl (C=O) groups is 1. The molecule has 2 aromatic heterocycles. The van der Waals surface area contributed by atoms with Gasteiger partial charge in [-0.15, -0.1) is 0 Å². The van der Waals surface area contributed by atoms with Crippen LogP contribution in [0, 0.1) is 6.92 Å².